The molecule has 8 nitrogen and oxygen atoms in total. The van der Waals surface area contributed by atoms with Crippen LogP contribution in [0.5, 0.6) is 0 Å². The molecular formula is C26H38N4O4. The van der Waals surface area contributed by atoms with Crippen molar-refractivity contribution >= 4 is 28.5 Å². The van der Waals surface area contributed by atoms with Crippen molar-refractivity contribution < 1.29 is 14.0 Å². The Kier molecular flexibility index (Phi) is 7.70. The number of carbonyl (C=O) groups is 2. The number of carbonyl (C=O) groups excluding carboxylic acids is 2. The van der Waals surface area contributed by atoms with Gasteiger partial charge in [0.15, 0.2) is 0 Å². The van der Waals surface area contributed by atoms with Gasteiger partial charge in [-0.05, 0) is 72.6 Å². The second-order valence-electron chi connectivity index (χ2n) is 10.4. The fraction of sp³-hybridized carbons (Fsp3) is 0.577. The third-order valence-electron chi connectivity index (χ3n) is 6.29. The van der Waals surface area contributed by atoms with Gasteiger partial charge in [-0.15, -0.1) is 0 Å². The van der Waals surface area contributed by atoms with E-state index in [1.54, 1.807) is 6.07 Å². The number of rotatable bonds is 8. The van der Waals surface area contributed by atoms with Crippen LogP contribution in [0.3, 0.4) is 0 Å². The first-order valence-electron chi connectivity index (χ1n) is 12.1. The fourth-order valence-electron chi connectivity index (χ4n) is 5.15. The Balaban J connectivity index is 1.58. The molecule has 3 rings (SSSR count). The molecule has 0 saturated carbocycles. The molecule has 1 aliphatic heterocycles. The number of nitrogens with one attached hydrogen (secondary N) is 3. The zero-order valence-corrected chi connectivity index (χ0v) is 21.2. The summed E-state index contributed by atoms with van der Waals surface area (Å²) in [7, 11) is 0. The van der Waals surface area contributed by atoms with E-state index in [2.05, 4.69) is 62.4 Å². The molecule has 0 atom stereocenters. The van der Waals surface area contributed by atoms with Crippen molar-refractivity contribution in [2.24, 2.45) is 0 Å². The van der Waals surface area contributed by atoms with Crippen molar-refractivity contribution in [3.05, 3.63) is 40.2 Å². The highest BCUT2D eigenvalue weighted by atomic mass is 16.4. The van der Waals surface area contributed by atoms with Gasteiger partial charge in [0.25, 0.3) is 5.91 Å². The van der Waals surface area contributed by atoms with Crippen molar-refractivity contribution in [2.45, 2.75) is 77.9 Å². The normalized spacial score (nSPS) is 17.4. The summed E-state index contributed by atoms with van der Waals surface area (Å²) in [6.07, 6.45) is 1.81. The lowest BCUT2D eigenvalue weighted by Gasteiger charge is -2.46. The zero-order valence-electron chi connectivity index (χ0n) is 21.2. The second kappa shape index (κ2) is 10.2. The summed E-state index contributed by atoms with van der Waals surface area (Å²) in [6.45, 7) is 14.5. The van der Waals surface area contributed by atoms with Crippen LogP contribution < -0.4 is 26.5 Å². The molecule has 0 spiro atoms. The van der Waals surface area contributed by atoms with Gasteiger partial charge >= 0.3 is 5.63 Å². The Morgan fingerprint density at radius 1 is 1.09 bits per heavy atom. The highest BCUT2D eigenvalue weighted by Gasteiger charge is 2.38. The number of piperidine rings is 1. The Morgan fingerprint density at radius 2 is 1.74 bits per heavy atom. The topological polar surface area (TPSA) is 104 Å². The van der Waals surface area contributed by atoms with Crippen LogP contribution in [0.1, 0.15) is 71.2 Å². The maximum Gasteiger partial charge on any atom is 0.349 e. The number of hydrogen-bond donors (Lipinski definition) is 3. The van der Waals surface area contributed by atoms with Crippen LogP contribution in [0, 0.1) is 0 Å². The lowest BCUT2D eigenvalue weighted by molar-refractivity contribution is -0.122. The van der Waals surface area contributed by atoms with Crippen molar-refractivity contribution in [2.75, 3.05) is 24.5 Å². The van der Waals surface area contributed by atoms with Gasteiger partial charge in [-0.1, -0.05) is 0 Å². The lowest BCUT2D eigenvalue weighted by atomic mass is 9.79. The number of benzene rings is 1. The molecule has 1 aliphatic rings. The third-order valence-corrected chi connectivity index (χ3v) is 6.29. The summed E-state index contributed by atoms with van der Waals surface area (Å²) >= 11 is 0. The number of anilines is 1. The highest BCUT2D eigenvalue weighted by Crippen LogP contribution is 2.28. The predicted molar refractivity (Wildman–Crippen MR) is 135 cm³/mol. The highest BCUT2D eigenvalue weighted by molar-refractivity contribution is 5.97. The van der Waals surface area contributed by atoms with Crippen molar-refractivity contribution in [1.82, 2.24) is 16.0 Å². The molecule has 0 aliphatic carbocycles. The minimum atomic E-state index is -0.690. The zero-order chi connectivity index (χ0) is 25.1. The fourth-order valence-corrected chi connectivity index (χ4v) is 5.15. The van der Waals surface area contributed by atoms with Crippen LogP contribution in [0.4, 0.5) is 5.69 Å². The van der Waals surface area contributed by atoms with Crippen molar-refractivity contribution in [1.29, 1.82) is 0 Å². The van der Waals surface area contributed by atoms with Gasteiger partial charge < -0.3 is 25.3 Å². The van der Waals surface area contributed by atoms with Crippen LogP contribution in [0.25, 0.3) is 11.0 Å². The molecule has 1 fully saturated rings. The molecule has 2 heterocycles. The summed E-state index contributed by atoms with van der Waals surface area (Å²) in [5.74, 6) is -0.659. The van der Waals surface area contributed by atoms with E-state index < -0.39 is 11.5 Å². The summed E-state index contributed by atoms with van der Waals surface area (Å²) < 4.78 is 5.43. The molecule has 8 heteroatoms. The van der Waals surface area contributed by atoms with Crippen LogP contribution in [0.2, 0.25) is 0 Å². The first kappa shape index (κ1) is 25.7. The predicted octanol–water partition coefficient (Wildman–Crippen LogP) is 3.18. The molecule has 0 radical (unpaired) electrons. The van der Waals surface area contributed by atoms with E-state index in [-0.39, 0.29) is 41.6 Å². The summed E-state index contributed by atoms with van der Waals surface area (Å²) in [6, 6.07) is 7.23. The molecule has 34 heavy (non-hydrogen) atoms. The van der Waals surface area contributed by atoms with E-state index in [4.69, 9.17) is 4.42 Å². The van der Waals surface area contributed by atoms with Gasteiger partial charge in [-0.3, -0.25) is 9.59 Å². The van der Waals surface area contributed by atoms with E-state index in [0.717, 1.165) is 31.6 Å². The molecular weight excluding hydrogens is 432 g/mol. The lowest BCUT2D eigenvalue weighted by Crippen LogP contribution is -2.62. The first-order chi connectivity index (χ1) is 15.9. The number of fused-ring (bicyclic) bond motifs is 1. The average Bonchev–Trinajstić information content (AvgIpc) is 2.71. The summed E-state index contributed by atoms with van der Waals surface area (Å²) in [5.41, 5.74) is 0.520. The molecule has 3 N–H and O–H groups in total. The van der Waals surface area contributed by atoms with E-state index in [9.17, 15) is 14.4 Å². The largest absolute Gasteiger partial charge is 0.422 e. The first-order valence-corrected chi connectivity index (χ1v) is 12.1. The summed E-state index contributed by atoms with van der Waals surface area (Å²) in [4.78, 5) is 39.7. The number of nitrogens with zero attached hydrogens (tertiary/aromatic N) is 1. The standard InChI is InChI=1S/C26H38N4O4/c1-7-30(8-2)19-10-9-17-13-20(24(33)34-21(17)14-19)23(32)27-12-11-22(31)28-18-15-25(3,4)29-26(5,6)16-18/h9-10,13-14,18,29H,7-8,11-12,15-16H2,1-6H3,(H,27,32)(H,28,31). The van der Waals surface area contributed by atoms with Crippen LogP contribution in [-0.2, 0) is 4.79 Å². The maximum absolute atomic E-state index is 12.6. The van der Waals surface area contributed by atoms with E-state index in [0.29, 0.717) is 11.0 Å². The SMILES string of the molecule is CCN(CC)c1ccc2cc(C(=O)NCCC(=O)NC3CC(C)(C)NC(C)(C)C3)c(=O)oc2c1. The number of hydrogen-bond acceptors (Lipinski definition) is 6. The van der Waals surface area contributed by atoms with E-state index in [1.807, 2.05) is 18.2 Å². The van der Waals surface area contributed by atoms with Crippen LogP contribution in [0.15, 0.2) is 33.5 Å². The minimum absolute atomic E-state index is 0.0645. The quantitative estimate of drug-likeness (QED) is 0.512. The molecule has 1 saturated heterocycles. The minimum Gasteiger partial charge on any atom is -0.422 e. The van der Waals surface area contributed by atoms with Crippen LogP contribution >= 0.6 is 0 Å². The number of amides is 2. The summed E-state index contributed by atoms with van der Waals surface area (Å²) in [5, 5.41) is 10.0. The Morgan fingerprint density at radius 3 is 2.35 bits per heavy atom. The molecule has 2 amide bonds. The smallest absolute Gasteiger partial charge is 0.349 e. The maximum atomic E-state index is 12.6. The third kappa shape index (κ3) is 6.38. The monoisotopic (exact) mass is 470 g/mol. The second-order valence-corrected chi connectivity index (χ2v) is 10.4. The Labute approximate surface area is 201 Å². The molecule has 2 aromatic rings. The Bertz CT molecular complexity index is 1090. The van der Waals surface area contributed by atoms with Gasteiger partial charge in [0.05, 0.1) is 0 Å². The average molecular weight is 471 g/mol. The molecule has 0 unspecified atom stereocenters. The van der Waals surface area contributed by atoms with Gasteiger partial charge in [-0.2, -0.15) is 0 Å². The Hall–Kier alpha value is -2.87. The van der Waals surface area contributed by atoms with Gasteiger partial charge in [0.2, 0.25) is 5.91 Å². The van der Waals surface area contributed by atoms with Gasteiger partial charge in [0.1, 0.15) is 11.1 Å². The van der Waals surface area contributed by atoms with E-state index >= 15 is 0 Å². The molecule has 0 bridgehead atoms. The van der Waals surface area contributed by atoms with Gasteiger partial charge in [0, 0.05) is 60.3 Å². The van der Waals surface area contributed by atoms with Crippen LogP contribution in [-0.4, -0.2) is 48.6 Å². The van der Waals surface area contributed by atoms with Crippen molar-refractivity contribution in [3.63, 3.8) is 0 Å². The van der Waals surface area contributed by atoms with Crippen molar-refractivity contribution in [3.8, 4) is 0 Å². The molecule has 1 aromatic carbocycles. The van der Waals surface area contributed by atoms with Gasteiger partial charge in [-0.25, -0.2) is 4.79 Å². The molecule has 186 valence electrons. The molecule has 1 aromatic heterocycles. The van der Waals surface area contributed by atoms with E-state index in [1.165, 1.54) is 0 Å².